The van der Waals surface area contributed by atoms with Crippen LogP contribution in [0.25, 0.3) is 10.9 Å². The summed E-state index contributed by atoms with van der Waals surface area (Å²) in [5.74, 6) is -1.97. The lowest BCUT2D eigenvalue weighted by Gasteiger charge is -2.23. The molecular formula is C19H19ClFN3O3. The van der Waals surface area contributed by atoms with Crippen molar-refractivity contribution in [2.45, 2.75) is 24.9 Å². The minimum absolute atomic E-state index is 0.00348. The molecule has 1 saturated carbocycles. The zero-order valence-electron chi connectivity index (χ0n) is 14.8. The van der Waals surface area contributed by atoms with Gasteiger partial charge in [0.25, 0.3) is 0 Å². The number of nitrogens with zero attached hydrogens (tertiary/aromatic N) is 2. The Labute approximate surface area is 159 Å². The Morgan fingerprint density at radius 3 is 2.70 bits per heavy atom. The molecule has 4 rings (SSSR count). The first-order chi connectivity index (χ1) is 12.8. The number of carboxylic acids is 1. The second-order valence-electron chi connectivity index (χ2n) is 7.11. The van der Waals surface area contributed by atoms with E-state index >= 15 is 0 Å². The maximum Gasteiger partial charge on any atom is 0.341 e. The molecule has 2 N–H and O–H groups in total. The number of nitrogens with one attached hydrogen (secondary N) is 1. The number of anilines is 1. The minimum atomic E-state index is -1.33. The molecule has 0 amide bonds. The van der Waals surface area contributed by atoms with Crippen molar-refractivity contribution in [1.82, 2.24) is 9.88 Å². The van der Waals surface area contributed by atoms with Crippen LogP contribution >= 0.6 is 11.6 Å². The fraction of sp³-hybridized carbons (Fsp3) is 0.368. The van der Waals surface area contributed by atoms with Crippen molar-refractivity contribution in [3.63, 3.8) is 0 Å². The molecule has 1 unspecified atom stereocenters. The van der Waals surface area contributed by atoms with E-state index in [2.05, 4.69) is 11.9 Å². The molecule has 1 aromatic heterocycles. The molecule has 0 bridgehead atoms. The number of halogens is 2. The summed E-state index contributed by atoms with van der Waals surface area (Å²) >= 11 is 6.61. The topological polar surface area (TPSA) is 74.6 Å². The lowest BCUT2D eigenvalue weighted by atomic mass is 10.1. The van der Waals surface area contributed by atoms with Gasteiger partial charge in [0.15, 0.2) is 0 Å². The number of benzene rings is 1. The number of carboxylic acid groups (broad SMARTS) is 1. The largest absolute Gasteiger partial charge is 0.477 e. The van der Waals surface area contributed by atoms with Crippen molar-refractivity contribution >= 4 is 34.2 Å². The zero-order chi connectivity index (χ0) is 19.5. The van der Waals surface area contributed by atoms with Gasteiger partial charge in [0, 0.05) is 31.4 Å². The normalized spacial score (nSPS) is 19.9. The number of likely N-dealkylation sites (N-methyl/N-ethyl adjacent to an activating group) is 1. The molecule has 1 saturated heterocycles. The molecule has 2 aromatic rings. The maximum atomic E-state index is 15.0. The zero-order valence-corrected chi connectivity index (χ0v) is 15.5. The fourth-order valence-electron chi connectivity index (χ4n) is 3.75. The Bertz CT molecular complexity index is 1040. The number of hydrogen-bond donors (Lipinski definition) is 2. The third kappa shape index (κ3) is 2.82. The summed E-state index contributed by atoms with van der Waals surface area (Å²) in [6, 6.07) is 1.21. The molecule has 1 atom stereocenters. The number of hydrogen-bond acceptors (Lipinski definition) is 4. The van der Waals surface area contributed by atoms with Gasteiger partial charge in [-0.2, -0.15) is 0 Å². The van der Waals surface area contributed by atoms with Crippen molar-refractivity contribution in [3.8, 4) is 0 Å². The van der Waals surface area contributed by atoms with E-state index in [-0.39, 0.29) is 33.7 Å². The van der Waals surface area contributed by atoms with E-state index in [0.717, 1.165) is 24.5 Å². The smallest absolute Gasteiger partial charge is 0.341 e. The van der Waals surface area contributed by atoms with Crippen molar-refractivity contribution in [3.05, 3.63) is 51.0 Å². The lowest BCUT2D eigenvalue weighted by molar-refractivity contribution is 0.0695. The van der Waals surface area contributed by atoms with Gasteiger partial charge in [0.1, 0.15) is 11.4 Å². The third-order valence-corrected chi connectivity index (χ3v) is 5.67. The van der Waals surface area contributed by atoms with Gasteiger partial charge in [-0.25, -0.2) is 9.18 Å². The van der Waals surface area contributed by atoms with Crippen LogP contribution in [-0.4, -0.2) is 41.8 Å². The molecule has 1 aliphatic carbocycles. The predicted octanol–water partition coefficient (Wildman–Crippen LogP) is 2.79. The molecule has 2 fully saturated rings. The first-order valence-corrected chi connectivity index (χ1v) is 9.11. The summed E-state index contributed by atoms with van der Waals surface area (Å²) in [7, 11) is 1.82. The van der Waals surface area contributed by atoms with Crippen molar-refractivity contribution in [2.75, 3.05) is 25.0 Å². The summed E-state index contributed by atoms with van der Waals surface area (Å²) in [5.41, 5.74) is 0.445. The number of pyridine rings is 1. The van der Waals surface area contributed by atoms with Gasteiger partial charge >= 0.3 is 5.97 Å². The third-order valence-electron chi connectivity index (χ3n) is 5.31. The first-order valence-electron chi connectivity index (χ1n) is 8.73. The van der Waals surface area contributed by atoms with Crippen LogP contribution in [0.15, 0.2) is 29.2 Å². The van der Waals surface area contributed by atoms with E-state index < -0.39 is 17.2 Å². The van der Waals surface area contributed by atoms with Crippen LogP contribution in [0.2, 0.25) is 5.02 Å². The monoisotopic (exact) mass is 391 g/mol. The number of aromatic nitrogens is 1. The van der Waals surface area contributed by atoms with Gasteiger partial charge in [0.05, 0.1) is 21.6 Å². The van der Waals surface area contributed by atoms with Gasteiger partial charge < -0.3 is 19.9 Å². The van der Waals surface area contributed by atoms with Gasteiger partial charge in [-0.05, 0) is 31.5 Å². The molecule has 8 heteroatoms. The first kappa shape index (κ1) is 18.0. The van der Waals surface area contributed by atoms with Crippen LogP contribution in [0.5, 0.6) is 0 Å². The van der Waals surface area contributed by atoms with Crippen LogP contribution in [0.4, 0.5) is 10.1 Å². The average molecular weight is 392 g/mol. The number of rotatable bonds is 4. The molecule has 1 aliphatic heterocycles. The van der Waals surface area contributed by atoms with E-state index in [1.165, 1.54) is 6.20 Å². The molecule has 0 radical (unpaired) electrons. The van der Waals surface area contributed by atoms with E-state index in [0.29, 0.717) is 18.6 Å². The predicted molar refractivity (Wildman–Crippen MR) is 103 cm³/mol. The second-order valence-corrected chi connectivity index (χ2v) is 7.49. The average Bonchev–Trinajstić information content (AvgIpc) is 3.38. The van der Waals surface area contributed by atoms with Crippen molar-refractivity contribution in [1.29, 1.82) is 0 Å². The summed E-state index contributed by atoms with van der Waals surface area (Å²) in [6.45, 7) is 4.98. The molecule has 27 heavy (non-hydrogen) atoms. The van der Waals surface area contributed by atoms with E-state index in [1.807, 2.05) is 7.05 Å². The molecule has 1 aromatic carbocycles. The molecule has 6 nitrogen and oxygen atoms in total. The second kappa shape index (κ2) is 6.35. The molecular weight excluding hydrogens is 373 g/mol. The van der Waals surface area contributed by atoms with Gasteiger partial charge in [-0.1, -0.05) is 18.2 Å². The van der Waals surface area contributed by atoms with Crippen molar-refractivity contribution < 1.29 is 14.3 Å². The van der Waals surface area contributed by atoms with Crippen LogP contribution in [0.3, 0.4) is 0 Å². The van der Waals surface area contributed by atoms with Crippen LogP contribution in [-0.2, 0) is 0 Å². The van der Waals surface area contributed by atoms with Crippen LogP contribution in [0.1, 0.15) is 29.2 Å². The van der Waals surface area contributed by atoms with Crippen LogP contribution < -0.4 is 15.6 Å². The highest BCUT2D eigenvalue weighted by molar-refractivity contribution is 6.38. The Morgan fingerprint density at radius 1 is 1.44 bits per heavy atom. The quantitative estimate of drug-likeness (QED) is 0.784. The lowest BCUT2D eigenvalue weighted by Crippen LogP contribution is -2.30. The van der Waals surface area contributed by atoms with Gasteiger partial charge in [-0.15, -0.1) is 0 Å². The maximum absolute atomic E-state index is 15.0. The Balaban J connectivity index is 1.97. The van der Waals surface area contributed by atoms with E-state index in [9.17, 15) is 19.1 Å². The van der Waals surface area contributed by atoms with E-state index in [4.69, 9.17) is 11.6 Å². The highest BCUT2D eigenvalue weighted by atomic mass is 35.5. The summed E-state index contributed by atoms with van der Waals surface area (Å²) in [4.78, 5) is 25.8. The van der Waals surface area contributed by atoms with E-state index in [1.54, 1.807) is 9.47 Å². The number of aromatic carboxylic acids is 1. The summed E-state index contributed by atoms with van der Waals surface area (Å²) in [6.07, 6.45) is 3.06. The Morgan fingerprint density at radius 2 is 2.15 bits per heavy atom. The van der Waals surface area contributed by atoms with Gasteiger partial charge in [0.2, 0.25) is 5.43 Å². The highest BCUT2D eigenvalue weighted by Gasteiger charge is 2.32. The minimum Gasteiger partial charge on any atom is -0.477 e. The standard InChI is InChI=1S/C19H19ClFN3O3/c1-9-6-23(8-14(9)22-2)17-13(21)5-11-16(15(17)20)24(10-3-4-10)7-12(18(11)25)19(26)27/h5,7,10,14,22H,1,3-4,6,8H2,2H3,(H,26,27). The SMILES string of the molecule is C=C1CN(c2c(F)cc3c(=O)c(C(=O)O)cn(C4CC4)c3c2Cl)CC1NC. The Hall–Kier alpha value is -2.38. The van der Waals surface area contributed by atoms with Crippen LogP contribution in [0, 0.1) is 5.82 Å². The molecule has 0 spiro atoms. The number of carbonyl (C=O) groups is 1. The molecule has 142 valence electrons. The highest BCUT2D eigenvalue weighted by Crippen LogP contribution is 2.42. The number of fused-ring (bicyclic) bond motifs is 1. The van der Waals surface area contributed by atoms with Gasteiger partial charge in [-0.3, -0.25) is 4.79 Å². The fourth-order valence-corrected chi connectivity index (χ4v) is 4.16. The Kier molecular flexibility index (Phi) is 4.24. The summed E-state index contributed by atoms with van der Waals surface area (Å²) in [5, 5.41) is 12.6. The molecule has 2 aliphatic rings. The van der Waals surface area contributed by atoms with Crippen molar-refractivity contribution in [2.24, 2.45) is 0 Å². The molecule has 2 heterocycles. The summed E-state index contributed by atoms with van der Waals surface area (Å²) < 4.78 is 16.7.